The van der Waals surface area contributed by atoms with Crippen LogP contribution in [-0.2, 0) is 0 Å². The Balaban J connectivity index is 1.91. The molecule has 1 aromatic heterocycles. The van der Waals surface area contributed by atoms with E-state index in [1.807, 2.05) is 0 Å². The molecule has 0 saturated heterocycles. The third-order valence-electron chi connectivity index (χ3n) is 4.01. The molecule has 0 bridgehead atoms. The predicted molar refractivity (Wildman–Crippen MR) is 79.9 cm³/mol. The number of anilines is 1. The number of rotatable bonds is 4. The van der Waals surface area contributed by atoms with Crippen LogP contribution in [0.1, 0.15) is 39.0 Å². The van der Waals surface area contributed by atoms with Crippen LogP contribution in [0.25, 0.3) is 0 Å². The van der Waals surface area contributed by atoms with Crippen LogP contribution in [0.2, 0.25) is 10.0 Å². The molecule has 0 spiro atoms. The molecular formula is C14H20Cl2N2O. The van der Waals surface area contributed by atoms with Gasteiger partial charge in [-0.1, -0.05) is 36.5 Å². The average Bonchev–Trinajstić information content (AvgIpc) is 2.39. The molecule has 1 heterocycles. The fourth-order valence-electron chi connectivity index (χ4n) is 2.59. The molecule has 106 valence electrons. The summed E-state index contributed by atoms with van der Waals surface area (Å²) in [5.41, 5.74) is -0.643. The third kappa shape index (κ3) is 3.98. The molecule has 0 aliphatic heterocycles. The van der Waals surface area contributed by atoms with Crippen LogP contribution in [0, 0.1) is 5.92 Å². The van der Waals surface area contributed by atoms with Gasteiger partial charge in [-0.2, -0.15) is 0 Å². The summed E-state index contributed by atoms with van der Waals surface area (Å²) < 4.78 is 0. The van der Waals surface area contributed by atoms with Crippen LogP contribution in [0.5, 0.6) is 0 Å². The van der Waals surface area contributed by atoms with Gasteiger partial charge >= 0.3 is 0 Å². The maximum absolute atomic E-state index is 10.5. The molecule has 3 nitrogen and oxygen atoms in total. The minimum absolute atomic E-state index is 0.484. The zero-order valence-electron chi connectivity index (χ0n) is 11.1. The smallest absolute Gasteiger partial charge is 0.144 e. The molecule has 0 amide bonds. The summed E-state index contributed by atoms with van der Waals surface area (Å²) in [6.07, 6.45) is 6.61. The van der Waals surface area contributed by atoms with Crippen molar-refractivity contribution in [2.24, 2.45) is 5.92 Å². The predicted octanol–water partition coefficient (Wildman–Crippen LogP) is 4.13. The summed E-state index contributed by atoms with van der Waals surface area (Å²) in [5, 5.41) is 14.7. The topological polar surface area (TPSA) is 45.1 Å². The second-order valence-corrected chi connectivity index (χ2v) is 6.26. The first-order valence-corrected chi connectivity index (χ1v) is 7.55. The monoisotopic (exact) mass is 302 g/mol. The Kier molecular flexibility index (Phi) is 4.93. The van der Waals surface area contributed by atoms with E-state index in [9.17, 15) is 5.11 Å². The highest BCUT2D eigenvalue weighted by Gasteiger charge is 2.32. The quantitative estimate of drug-likeness (QED) is 0.879. The number of aliphatic hydroxyl groups is 1. The molecule has 0 aromatic carbocycles. The highest BCUT2D eigenvalue weighted by molar-refractivity contribution is 6.35. The number of pyridine rings is 1. The molecule has 2 N–H and O–H groups in total. The van der Waals surface area contributed by atoms with Gasteiger partial charge in [-0.3, -0.25) is 0 Å². The number of halogens is 2. The fourth-order valence-corrected chi connectivity index (χ4v) is 3.04. The zero-order valence-corrected chi connectivity index (χ0v) is 12.6. The molecule has 0 atom stereocenters. The standard InChI is InChI=1S/C14H20Cl2N2O/c1-2-10-3-5-14(19,6-4-10)9-18-13-12(16)7-11(15)8-17-13/h7-8,10,19H,2-6,9H2,1H3,(H,17,18). The third-order valence-corrected chi connectivity index (χ3v) is 4.50. The zero-order chi connectivity index (χ0) is 13.9. The second-order valence-electron chi connectivity index (χ2n) is 5.41. The average molecular weight is 303 g/mol. The van der Waals surface area contributed by atoms with E-state index < -0.39 is 5.60 Å². The fraction of sp³-hybridized carbons (Fsp3) is 0.643. The van der Waals surface area contributed by atoms with Crippen LogP contribution in [0.15, 0.2) is 12.3 Å². The van der Waals surface area contributed by atoms with Gasteiger partial charge in [-0.15, -0.1) is 0 Å². The number of nitrogens with zero attached hydrogens (tertiary/aromatic N) is 1. The SMILES string of the molecule is CCC1CCC(O)(CNc2ncc(Cl)cc2Cl)CC1. The Morgan fingerprint density at radius 3 is 2.68 bits per heavy atom. The number of hydrogen-bond donors (Lipinski definition) is 2. The van der Waals surface area contributed by atoms with Crippen LogP contribution in [0.3, 0.4) is 0 Å². The number of nitrogens with one attached hydrogen (secondary N) is 1. The molecule has 2 rings (SSSR count). The van der Waals surface area contributed by atoms with Gasteiger partial charge in [0.25, 0.3) is 0 Å². The lowest BCUT2D eigenvalue weighted by molar-refractivity contribution is 0.00223. The molecule has 19 heavy (non-hydrogen) atoms. The first-order chi connectivity index (χ1) is 9.02. The van der Waals surface area contributed by atoms with Gasteiger partial charge in [0.1, 0.15) is 5.82 Å². The minimum Gasteiger partial charge on any atom is -0.388 e. The van der Waals surface area contributed by atoms with E-state index >= 15 is 0 Å². The summed E-state index contributed by atoms with van der Waals surface area (Å²) in [6, 6.07) is 1.65. The van der Waals surface area contributed by atoms with Crippen molar-refractivity contribution >= 4 is 29.0 Å². The van der Waals surface area contributed by atoms with Crippen molar-refractivity contribution in [2.45, 2.75) is 44.6 Å². The van der Waals surface area contributed by atoms with Crippen molar-refractivity contribution in [2.75, 3.05) is 11.9 Å². The van der Waals surface area contributed by atoms with Crippen LogP contribution in [-0.4, -0.2) is 22.2 Å². The molecule has 1 saturated carbocycles. The van der Waals surface area contributed by atoms with Gasteiger partial charge in [0.05, 0.1) is 15.6 Å². The van der Waals surface area contributed by atoms with Gasteiger partial charge in [-0.25, -0.2) is 4.98 Å². The number of aromatic nitrogens is 1. The summed E-state index contributed by atoms with van der Waals surface area (Å²) in [7, 11) is 0. The maximum Gasteiger partial charge on any atom is 0.144 e. The maximum atomic E-state index is 10.5. The van der Waals surface area contributed by atoms with Crippen molar-refractivity contribution < 1.29 is 5.11 Å². The Bertz CT molecular complexity index is 431. The van der Waals surface area contributed by atoms with E-state index in [1.54, 1.807) is 12.3 Å². The largest absolute Gasteiger partial charge is 0.388 e. The normalized spacial score (nSPS) is 27.3. The molecule has 1 aromatic rings. The summed E-state index contributed by atoms with van der Waals surface area (Å²) in [6.45, 7) is 2.70. The lowest BCUT2D eigenvalue weighted by atomic mass is 9.78. The molecule has 0 radical (unpaired) electrons. The van der Waals surface area contributed by atoms with Gasteiger partial charge in [0, 0.05) is 12.7 Å². The lowest BCUT2D eigenvalue weighted by Gasteiger charge is -2.36. The van der Waals surface area contributed by atoms with Gasteiger partial charge in [0.15, 0.2) is 0 Å². The highest BCUT2D eigenvalue weighted by atomic mass is 35.5. The molecule has 0 unspecified atom stereocenters. The molecule has 5 heteroatoms. The molecule has 1 aliphatic carbocycles. The summed E-state index contributed by atoms with van der Waals surface area (Å²) >= 11 is 11.8. The van der Waals surface area contributed by atoms with Crippen molar-refractivity contribution in [1.82, 2.24) is 4.98 Å². The van der Waals surface area contributed by atoms with Crippen LogP contribution >= 0.6 is 23.2 Å². The molecule has 1 fully saturated rings. The Labute approximate surface area is 124 Å². The Morgan fingerprint density at radius 2 is 2.11 bits per heavy atom. The van der Waals surface area contributed by atoms with E-state index in [0.717, 1.165) is 31.6 Å². The first-order valence-electron chi connectivity index (χ1n) is 6.80. The summed E-state index contributed by atoms with van der Waals surface area (Å²) in [5.74, 6) is 1.34. The van der Waals surface area contributed by atoms with Crippen LogP contribution < -0.4 is 5.32 Å². The van der Waals surface area contributed by atoms with E-state index in [-0.39, 0.29) is 0 Å². The summed E-state index contributed by atoms with van der Waals surface area (Å²) in [4.78, 5) is 4.14. The Morgan fingerprint density at radius 1 is 1.42 bits per heavy atom. The van der Waals surface area contributed by atoms with Crippen molar-refractivity contribution in [3.8, 4) is 0 Å². The molecular weight excluding hydrogens is 283 g/mol. The number of hydrogen-bond acceptors (Lipinski definition) is 3. The van der Waals surface area contributed by atoms with Gasteiger partial charge < -0.3 is 10.4 Å². The van der Waals surface area contributed by atoms with E-state index in [1.165, 1.54) is 6.42 Å². The highest BCUT2D eigenvalue weighted by Crippen LogP contribution is 2.34. The first kappa shape index (κ1) is 14.9. The lowest BCUT2D eigenvalue weighted by Crippen LogP contribution is -2.40. The van der Waals surface area contributed by atoms with E-state index in [4.69, 9.17) is 23.2 Å². The van der Waals surface area contributed by atoms with E-state index in [0.29, 0.717) is 22.4 Å². The van der Waals surface area contributed by atoms with Gasteiger partial charge in [-0.05, 0) is 37.7 Å². The van der Waals surface area contributed by atoms with Crippen molar-refractivity contribution in [1.29, 1.82) is 0 Å². The Hall–Kier alpha value is -0.510. The van der Waals surface area contributed by atoms with Crippen LogP contribution in [0.4, 0.5) is 5.82 Å². The van der Waals surface area contributed by atoms with Crippen molar-refractivity contribution in [3.05, 3.63) is 22.3 Å². The van der Waals surface area contributed by atoms with Crippen molar-refractivity contribution in [3.63, 3.8) is 0 Å². The second kappa shape index (κ2) is 6.29. The van der Waals surface area contributed by atoms with Gasteiger partial charge in [0.2, 0.25) is 0 Å². The van der Waals surface area contributed by atoms with E-state index in [2.05, 4.69) is 17.2 Å². The molecule has 1 aliphatic rings. The minimum atomic E-state index is -0.643.